The minimum atomic E-state index is -0.885. The lowest BCUT2D eigenvalue weighted by molar-refractivity contribution is -0.140. The van der Waals surface area contributed by atoms with Gasteiger partial charge in [0.1, 0.15) is 5.01 Å². The number of nitrogens with one attached hydrogen (secondary N) is 1. The van der Waals surface area contributed by atoms with Crippen LogP contribution in [0.15, 0.2) is 5.38 Å². The van der Waals surface area contributed by atoms with Crippen LogP contribution in [0.4, 0.5) is 0 Å². The Kier molecular flexibility index (Phi) is 3.62. The number of thiazole rings is 1. The average Bonchev–Trinajstić information content (AvgIpc) is 2.96. The summed E-state index contributed by atoms with van der Waals surface area (Å²) in [6.07, 6.45) is 0.451. The van der Waals surface area contributed by atoms with Crippen molar-refractivity contribution in [1.82, 2.24) is 10.3 Å². The molecule has 1 heterocycles. The van der Waals surface area contributed by atoms with Crippen molar-refractivity contribution in [3.05, 3.63) is 16.1 Å². The van der Waals surface area contributed by atoms with Gasteiger partial charge in [-0.2, -0.15) is 0 Å². The van der Waals surface area contributed by atoms with E-state index in [1.807, 2.05) is 5.38 Å². The van der Waals surface area contributed by atoms with E-state index in [-0.39, 0.29) is 17.2 Å². The zero-order valence-electron chi connectivity index (χ0n) is 11.3. The maximum absolute atomic E-state index is 11.7. The molecule has 5 nitrogen and oxygen atoms in total. The van der Waals surface area contributed by atoms with Crippen molar-refractivity contribution >= 4 is 23.2 Å². The molecule has 1 aliphatic rings. The van der Waals surface area contributed by atoms with Crippen LogP contribution in [0.5, 0.6) is 0 Å². The molecule has 1 aromatic heterocycles. The van der Waals surface area contributed by atoms with E-state index in [0.29, 0.717) is 13.0 Å². The van der Waals surface area contributed by atoms with Gasteiger partial charge < -0.3 is 10.4 Å². The van der Waals surface area contributed by atoms with Crippen LogP contribution in [0, 0.1) is 11.8 Å². The van der Waals surface area contributed by atoms with Crippen LogP contribution in [0.1, 0.15) is 37.9 Å². The van der Waals surface area contributed by atoms with Crippen molar-refractivity contribution in [2.24, 2.45) is 11.8 Å². The van der Waals surface area contributed by atoms with Gasteiger partial charge in [-0.1, -0.05) is 20.8 Å². The van der Waals surface area contributed by atoms with Crippen molar-refractivity contribution in [3.63, 3.8) is 0 Å². The molecule has 1 fully saturated rings. The molecule has 19 heavy (non-hydrogen) atoms. The second-order valence-corrected chi connectivity index (χ2v) is 6.82. The number of aliphatic carboxylic acids is 1. The molecular weight excluding hydrogens is 264 g/mol. The first-order valence-corrected chi connectivity index (χ1v) is 7.12. The minimum absolute atomic E-state index is 0.00363. The smallest absolute Gasteiger partial charge is 0.307 e. The van der Waals surface area contributed by atoms with Crippen molar-refractivity contribution in [3.8, 4) is 0 Å². The summed E-state index contributed by atoms with van der Waals surface area (Å²) < 4.78 is 0. The first-order valence-electron chi connectivity index (χ1n) is 6.24. The van der Waals surface area contributed by atoms with E-state index in [1.165, 1.54) is 11.3 Å². The topological polar surface area (TPSA) is 79.3 Å². The summed E-state index contributed by atoms with van der Waals surface area (Å²) in [7, 11) is 0. The Morgan fingerprint density at radius 1 is 1.47 bits per heavy atom. The standard InChI is InChI=1S/C13H18N2O3S/c1-13(2,3)9-6-19-10(15-9)5-14-11(16)7-4-8(7)12(17)18/h6-8H,4-5H2,1-3H3,(H,14,16)(H,17,18)/t7-,8-/m1/s1. The van der Waals surface area contributed by atoms with Gasteiger partial charge in [0.2, 0.25) is 5.91 Å². The van der Waals surface area contributed by atoms with Gasteiger partial charge in [0.05, 0.1) is 24.1 Å². The number of nitrogens with zero attached hydrogens (tertiary/aromatic N) is 1. The zero-order chi connectivity index (χ0) is 14.2. The molecule has 0 aromatic carbocycles. The van der Waals surface area contributed by atoms with Crippen LogP contribution < -0.4 is 5.32 Å². The minimum Gasteiger partial charge on any atom is -0.481 e. The Morgan fingerprint density at radius 2 is 2.16 bits per heavy atom. The van der Waals surface area contributed by atoms with Crippen molar-refractivity contribution in [1.29, 1.82) is 0 Å². The highest BCUT2D eigenvalue weighted by Crippen LogP contribution is 2.38. The number of carbonyl (C=O) groups excluding carboxylic acids is 1. The van der Waals surface area contributed by atoms with Crippen LogP contribution in [0.3, 0.4) is 0 Å². The summed E-state index contributed by atoms with van der Waals surface area (Å²) in [5.41, 5.74) is 1.01. The van der Waals surface area contributed by atoms with Gasteiger partial charge in [0.15, 0.2) is 0 Å². The fourth-order valence-corrected chi connectivity index (χ4v) is 2.75. The highest BCUT2D eigenvalue weighted by Gasteiger charge is 2.48. The fraction of sp³-hybridized carbons (Fsp3) is 0.615. The second kappa shape index (κ2) is 4.92. The average molecular weight is 282 g/mol. The number of hydrogen-bond acceptors (Lipinski definition) is 4. The van der Waals surface area contributed by atoms with E-state index in [2.05, 4.69) is 31.1 Å². The van der Waals surface area contributed by atoms with Crippen LogP contribution in [0.25, 0.3) is 0 Å². The molecule has 0 unspecified atom stereocenters. The Bertz CT molecular complexity index is 504. The maximum atomic E-state index is 11.7. The highest BCUT2D eigenvalue weighted by atomic mass is 32.1. The Labute approximate surface area is 116 Å². The van der Waals surface area contributed by atoms with Gasteiger partial charge in [-0.15, -0.1) is 11.3 Å². The van der Waals surface area contributed by atoms with Gasteiger partial charge in [-0.3, -0.25) is 9.59 Å². The maximum Gasteiger partial charge on any atom is 0.307 e. The molecule has 0 spiro atoms. The van der Waals surface area contributed by atoms with Crippen LogP contribution in [-0.2, 0) is 21.5 Å². The largest absolute Gasteiger partial charge is 0.481 e. The molecule has 0 saturated heterocycles. The third-order valence-corrected chi connectivity index (χ3v) is 4.03. The zero-order valence-corrected chi connectivity index (χ0v) is 12.1. The number of rotatable bonds is 4. The molecule has 2 rings (SSSR count). The molecule has 0 aliphatic heterocycles. The van der Waals surface area contributed by atoms with Crippen molar-refractivity contribution in [2.45, 2.75) is 39.2 Å². The van der Waals surface area contributed by atoms with Gasteiger partial charge in [-0.05, 0) is 6.42 Å². The van der Waals surface area contributed by atoms with Crippen LogP contribution >= 0.6 is 11.3 Å². The van der Waals surface area contributed by atoms with Gasteiger partial charge >= 0.3 is 5.97 Å². The summed E-state index contributed by atoms with van der Waals surface area (Å²) in [4.78, 5) is 26.8. The second-order valence-electron chi connectivity index (χ2n) is 5.88. The molecule has 2 atom stereocenters. The summed E-state index contributed by atoms with van der Waals surface area (Å²) in [5, 5.41) is 14.4. The van der Waals surface area contributed by atoms with E-state index < -0.39 is 11.9 Å². The van der Waals surface area contributed by atoms with Crippen molar-refractivity contribution < 1.29 is 14.7 Å². The van der Waals surface area contributed by atoms with E-state index in [1.54, 1.807) is 0 Å². The Hall–Kier alpha value is -1.43. The molecule has 104 valence electrons. The summed E-state index contributed by atoms with van der Waals surface area (Å²) >= 11 is 1.52. The number of aromatic nitrogens is 1. The number of carboxylic acid groups (broad SMARTS) is 1. The normalized spacial score (nSPS) is 22.1. The first-order chi connectivity index (χ1) is 8.79. The molecule has 0 bridgehead atoms. The van der Waals surface area contributed by atoms with Crippen LogP contribution in [0.2, 0.25) is 0 Å². The predicted octanol–water partition coefficient (Wildman–Crippen LogP) is 1.78. The lowest BCUT2D eigenvalue weighted by Gasteiger charge is -2.14. The molecule has 1 amide bonds. The molecular formula is C13H18N2O3S. The predicted molar refractivity (Wildman–Crippen MR) is 71.9 cm³/mol. The van der Waals surface area contributed by atoms with E-state index in [4.69, 9.17) is 5.11 Å². The lowest BCUT2D eigenvalue weighted by Crippen LogP contribution is -2.26. The fourth-order valence-electron chi connectivity index (χ4n) is 1.79. The number of amides is 1. The number of carbonyl (C=O) groups is 2. The summed E-state index contributed by atoms with van der Waals surface area (Å²) in [5.74, 6) is -1.93. The summed E-state index contributed by atoms with van der Waals surface area (Å²) in [6.45, 7) is 6.65. The van der Waals surface area contributed by atoms with Gasteiger partial charge in [0.25, 0.3) is 0 Å². The molecule has 2 N–H and O–H groups in total. The lowest BCUT2D eigenvalue weighted by atomic mass is 9.93. The molecule has 0 radical (unpaired) electrons. The molecule has 1 saturated carbocycles. The SMILES string of the molecule is CC(C)(C)c1csc(CNC(=O)[C@@H]2C[C@H]2C(=O)O)n1. The van der Waals surface area contributed by atoms with Crippen LogP contribution in [-0.4, -0.2) is 22.0 Å². The molecule has 6 heteroatoms. The molecule has 1 aliphatic carbocycles. The van der Waals surface area contributed by atoms with E-state index >= 15 is 0 Å². The van der Waals surface area contributed by atoms with E-state index in [0.717, 1.165) is 10.7 Å². The quantitative estimate of drug-likeness (QED) is 0.882. The summed E-state index contributed by atoms with van der Waals surface area (Å²) in [6, 6.07) is 0. The highest BCUT2D eigenvalue weighted by molar-refractivity contribution is 7.09. The first kappa shape index (κ1) is 14.0. The van der Waals surface area contributed by atoms with Gasteiger partial charge in [0, 0.05) is 10.8 Å². The third-order valence-electron chi connectivity index (χ3n) is 3.18. The van der Waals surface area contributed by atoms with Gasteiger partial charge in [-0.25, -0.2) is 4.98 Å². The Morgan fingerprint density at radius 3 is 2.63 bits per heavy atom. The third kappa shape index (κ3) is 3.32. The Balaban J connectivity index is 1.85. The van der Waals surface area contributed by atoms with E-state index in [9.17, 15) is 9.59 Å². The number of hydrogen-bond donors (Lipinski definition) is 2. The molecule has 1 aromatic rings. The monoisotopic (exact) mass is 282 g/mol. The van der Waals surface area contributed by atoms with Crippen molar-refractivity contribution in [2.75, 3.05) is 0 Å². The number of carboxylic acids is 1.